The predicted molar refractivity (Wildman–Crippen MR) is 63.3 cm³/mol. The Bertz CT molecular complexity index is 351. The number of benzene rings is 1. The Hall–Kier alpha value is -1.16. The molecule has 0 aromatic heterocycles. The molecular formula is C11H12BrNO2. The number of nitrogens with zero attached hydrogens (tertiary/aromatic N) is 1. The highest BCUT2D eigenvalue weighted by molar-refractivity contribution is 9.09. The lowest BCUT2D eigenvalue weighted by molar-refractivity contribution is -0.125. The van der Waals surface area contributed by atoms with Gasteiger partial charge in [0.1, 0.15) is 0 Å². The predicted octanol–water partition coefficient (Wildman–Crippen LogP) is 2.00. The second-order valence-electron chi connectivity index (χ2n) is 3.14. The fraction of sp³-hybridized carbons (Fsp3) is 0.273. The van der Waals surface area contributed by atoms with Gasteiger partial charge in [0, 0.05) is 12.7 Å². The normalized spacial score (nSPS) is 9.73. The maximum Gasteiger partial charge on any atom is 0.234 e. The summed E-state index contributed by atoms with van der Waals surface area (Å²) < 4.78 is 0. The second-order valence-corrected chi connectivity index (χ2v) is 3.70. The molecule has 15 heavy (non-hydrogen) atoms. The Morgan fingerprint density at radius 2 is 1.87 bits per heavy atom. The third-order valence-electron chi connectivity index (χ3n) is 2.02. The summed E-state index contributed by atoms with van der Waals surface area (Å²) in [6.45, 7) is 0. The zero-order chi connectivity index (χ0) is 11.3. The van der Waals surface area contributed by atoms with Gasteiger partial charge >= 0.3 is 0 Å². The van der Waals surface area contributed by atoms with Crippen LogP contribution in [0.5, 0.6) is 0 Å². The third-order valence-corrected chi connectivity index (χ3v) is 2.64. The highest BCUT2D eigenvalue weighted by Gasteiger charge is 2.13. The van der Waals surface area contributed by atoms with Gasteiger partial charge in [0.05, 0.1) is 11.8 Å². The molecule has 0 aliphatic heterocycles. The number of halogens is 1. The average Bonchev–Trinajstić information content (AvgIpc) is 2.29. The number of rotatable bonds is 4. The number of ketones is 1. The Balaban J connectivity index is 2.65. The van der Waals surface area contributed by atoms with Crippen molar-refractivity contribution in [2.75, 3.05) is 17.3 Å². The van der Waals surface area contributed by atoms with Gasteiger partial charge in [-0.3, -0.25) is 9.59 Å². The summed E-state index contributed by atoms with van der Waals surface area (Å²) in [5, 5.41) is 0.224. The van der Waals surface area contributed by atoms with Crippen LogP contribution < -0.4 is 4.90 Å². The first-order valence-electron chi connectivity index (χ1n) is 4.54. The van der Waals surface area contributed by atoms with E-state index in [2.05, 4.69) is 15.9 Å². The van der Waals surface area contributed by atoms with E-state index in [1.165, 1.54) is 4.90 Å². The van der Waals surface area contributed by atoms with E-state index in [9.17, 15) is 9.59 Å². The lowest BCUT2D eigenvalue weighted by atomic mass is 10.2. The number of hydrogen-bond acceptors (Lipinski definition) is 2. The summed E-state index contributed by atoms with van der Waals surface area (Å²) in [5.41, 5.74) is 0.796. The first-order valence-corrected chi connectivity index (χ1v) is 5.66. The van der Waals surface area contributed by atoms with Crippen LogP contribution in [0.25, 0.3) is 0 Å². The van der Waals surface area contributed by atoms with Crippen molar-refractivity contribution < 1.29 is 9.59 Å². The molecule has 0 saturated carbocycles. The fourth-order valence-electron chi connectivity index (χ4n) is 1.13. The Morgan fingerprint density at radius 3 is 2.40 bits per heavy atom. The SMILES string of the molecule is CN(C(=O)CC(=O)CBr)c1ccccc1. The maximum atomic E-state index is 11.6. The molecule has 0 spiro atoms. The van der Waals surface area contributed by atoms with Gasteiger partial charge in [0.2, 0.25) is 5.91 Å². The summed E-state index contributed by atoms with van der Waals surface area (Å²) in [6.07, 6.45) is -0.0589. The van der Waals surface area contributed by atoms with Crippen molar-refractivity contribution in [3.63, 3.8) is 0 Å². The summed E-state index contributed by atoms with van der Waals surface area (Å²) in [4.78, 5) is 24.1. The number of carbonyl (C=O) groups is 2. The highest BCUT2D eigenvalue weighted by atomic mass is 79.9. The zero-order valence-corrected chi connectivity index (χ0v) is 10.0. The standard InChI is InChI=1S/C11H12BrNO2/c1-13(9-5-3-2-4-6-9)11(15)7-10(14)8-12/h2-6H,7-8H2,1H3. The van der Waals surface area contributed by atoms with Crippen LogP contribution in [-0.2, 0) is 9.59 Å². The molecule has 0 heterocycles. The molecule has 0 radical (unpaired) electrons. The molecular weight excluding hydrogens is 258 g/mol. The molecule has 0 aliphatic carbocycles. The first-order chi connectivity index (χ1) is 7.15. The van der Waals surface area contributed by atoms with E-state index in [0.717, 1.165) is 5.69 Å². The summed E-state index contributed by atoms with van der Waals surface area (Å²) in [5.74, 6) is -0.298. The summed E-state index contributed by atoms with van der Waals surface area (Å²) in [6, 6.07) is 9.25. The number of anilines is 1. The minimum atomic E-state index is -0.189. The van der Waals surface area contributed by atoms with E-state index in [-0.39, 0.29) is 23.4 Å². The lowest BCUT2D eigenvalue weighted by Gasteiger charge is -2.16. The van der Waals surface area contributed by atoms with E-state index in [4.69, 9.17) is 0 Å². The van der Waals surface area contributed by atoms with Crippen molar-refractivity contribution in [3.05, 3.63) is 30.3 Å². The quantitative estimate of drug-likeness (QED) is 0.620. The number of alkyl halides is 1. The third kappa shape index (κ3) is 3.47. The Morgan fingerprint density at radius 1 is 1.27 bits per heavy atom. The van der Waals surface area contributed by atoms with Gasteiger partial charge in [-0.2, -0.15) is 0 Å². The Labute approximate surface area is 97.2 Å². The average molecular weight is 270 g/mol. The van der Waals surface area contributed by atoms with E-state index >= 15 is 0 Å². The molecule has 1 amide bonds. The largest absolute Gasteiger partial charge is 0.315 e. The van der Waals surface area contributed by atoms with Crippen molar-refractivity contribution in [3.8, 4) is 0 Å². The summed E-state index contributed by atoms with van der Waals surface area (Å²) >= 11 is 3.03. The molecule has 4 heteroatoms. The van der Waals surface area contributed by atoms with Gasteiger partial charge < -0.3 is 4.90 Å². The topological polar surface area (TPSA) is 37.4 Å². The van der Waals surface area contributed by atoms with Gasteiger partial charge in [-0.25, -0.2) is 0 Å². The molecule has 1 aromatic rings. The van der Waals surface area contributed by atoms with Crippen molar-refractivity contribution in [2.24, 2.45) is 0 Å². The van der Waals surface area contributed by atoms with E-state index in [1.807, 2.05) is 30.3 Å². The second kappa shape index (κ2) is 5.66. The maximum absolute atomic E-state index is 11.6. The van der Waals surface area contributed by atoms with Crippen LogP contribution >= 0.6 is 15.9 Å². The lowest BCUT2D eigenvalue weighted by Crippen LogP contribution is -2.28. The molecule has 0 saturated heterocycles. The summed E-state index contributed by atoms with van der Waals surface area (Å²) in [7, 11) is 1.67. The highest BCUT2D eigenvalue weighted by Crippen LogP contribution is 2.12. The van der Waals surface area contributed by atoms with Crippen LogP contribution in [0.15, 0.2) is 30.3 Å². The van der Waals surface area contributed by atoms with Crippen molar-refractivity contribution in [1.29, 1.82) is 0 Å². The van der Waals surface area contributed by atoms with Crippen LogP contribution in [0.2, 0.25) is 0 Å². The van der Waals surface area contributed by atoms with Crippen LogP contribution in [-0.4, -0.2) is 24.1 Å². The number of para-hydroxylation sites is 1. The smallest absolute Gasteiger partial charge is 0.234 e. The van der Waals surface area contributed by atoms with E-state index < -0.39 is 0 Å². The van der Waals surface area contributed by atoms with Gasteiger partial charge in [0.15, 0.2) is 5.78 Å². The molecule has 0 aliphatic rings. The van der Waals surface area contributed by atoms with Crippen LogP contribution in [0.4, 0.5) is 5.69 Å². The number of Topliss-reactive ketones (excluding diaryl/α,β-unsaturated/α-hetero) is 1. The first kappa shape index (κ1) is 11.9. The van der Waals surface area contributed by atoms with E-state index in [0.29, 0.717) is 0 Å². The minimum absolute atomic E-state index is 0.0589. The van der Waals surface area contributed by atoms with Crippen LogP contribution in [0.1, 0.15) is 6.42 Å². The fourth-order valence-corrected chi connectivity index (χ4v) is 1.33. The number of amides is 1. The van der Waals surface area contributed by atoms with Crippen LogP contribution in [0.3, 0.4) is 0 Å². The van der Waals surface area contributed by atoms with Gasteiger partial charge in [0.25, 0.3) is 0 Å². The number of hydrogen-bond donors (Lipinski definition) is 0. The van der Waals surface area contributed by atoms with Crippen molar-refractivity contribution in [2.45, 2.75) is 6.42 Å². The van der Waals surface area contributed by atoms with Gasteiger partial charge in [-0.15, -0.1) is 0 Å². The minimum Gasteiger partial charge on any atom is -0.315 e. The zero-order valence-electron chi connectivity index (χ0n) is 8.44. The molecule has 0 atom stereocenters. The molecule has 0 bridgehead atoms. The van der Waals surface area contributed by atoms with Crippen LogP contribution in [0, 0.1) is 0 Å². The molecule has 0 N–H and O–H groups in total. The molecule has 0 unspecified atom stereocenters. The van der Waals surface area contributed by atoms with Gasteiger partial charge in [-0.05, 0) is 12.1 Å². The Kier molecular flexibility index (Phi) is 4.49. The molecule has 0 fully saturated rings. The molecule has 1 aromatic carbocycles. The molecule has 80 valence electrons. The number of carbonyl (C=O) groups excluding carboxylic acids is 2. The molecule has 1 rings (SSSR count). The van der Waals surface area contributed by atoms with E-state index in [1.54, 1.807) is 7.05 Å². The monoisotopic (exact) mass is 269 g/mol. The van der Waals surface area contributed by atoms with Crippen molar-refractivity contribution in [1.82, 2.24) is 0 Å². The van der Waals surface area contributed by atoms with Crippen molar-refractivity contribution >= 4 is 33.3 Å². The van der Waals surface area contributed by atoms with Gasteiger partial charge in [-0.1, -0.05) is 34.1 Å². The molecule has 3 nitrogen and oxygen atoms in total.